The molecule has 2 aromatic rings. The van der Waals surface area contributed by atoms with Gasteiger partial charge in [-0.25, -0.2) is 0 Å². The Kier molecular flexibility index (Phi) is 3.18. The molecule has 20 heavy (non-hydrogen) atoms. The monoisotopic (exact) mass is 286 g/mol. The Morgan fingerprint density at radius 2 is 1.90 bits per heavy atom. The Labute approximate surface area is 121 Å². The molecule has 0 bridgehead atoms. The predicted molar refractivity (Wildman–Crippen MR) is 77.2 cm³/mol. The fraction of sp³-hybridized carbons (Fsp3) is 0.250. The van der Waals surface area contributed by atoms with Crippen molar-refractivity contribution in [3.05, 3.63) is 57.3 Å². The van der Waals surface area contributed by atoms with E-state index >= 15 is 0 Å². The van der Waals surface area contributed by atoms with Crippen molar-refractivity contribution in [1.82, 2.24) is 0 Å². The number of ether oxygens (including phenoxy) is 1. The minimum Gasteiger partial charge on any atom is -0.468 e. The number of Topliss-reactive ketones (excluding diaryl/α,β-unsaturated/α-hetero) is 1. The number of benzene rings is 1. The number of thiophene rings is 1. The van der Waals surface area contributed by atoms with Crippen LogP contribution in [0.25, 0.3) is 0 Å². The van der Waals surface area contributed by atoms with E-state index in [9.17, 15) is 9.59 Å². The van der Waals surface area contributed by atoms with Gasteiger partial charge in [-0.15, -0.1) is 11.3 Å². The summed E-state index contributed by atoms with van der Waals surface area (Å²) in [6, 6.07) is 9.77. The molecule has 0 unspecified atom stereocenters. The lowest BCUT2D eigenvalue weighted by Gasteiger charge is -2.17. The Bertz CT molecular complexity index is 669. The molecule has 1 aliphatic rings. The first-order chi connectivity index (χ1) is 9.63. The molecular weight excluding hydrogens is 272 g/mol. The third-order valence-corrected chi connectivity index (χ3v) is 4.75. The second kappa shape index (κ2) is 4.87. The number of esters is 1. The van der Waals surface area contributed by atoms with Crippen molar-refractivity contribution in [3.63, 3.8) is 0 Å². The molecule has 0 amide bonds. The quantitative estimate of drug-likeness (QED) is 0.629. The topological polar surface area (TPSA) is 43.4 Å². The van der Waals surface area contributed by atoms with Crippen LogP contribution in [0.5, 0.6) is 0 Å². The van der Waals surface area contributed by atoms with Gasteiger partial charge in [-0.1, -0.05) is 29.8 Å². The van der Waals surface area contributed by atoms with E-state index in [0.29, 0.717) is 5.56 Å². The van der Waals surface area contributed by atoms with Crippen molar-refractivity contribution in [2.24, 2.45) is 5.92 Å². The van der Waals surface area contributed by atoms with Gasteiger partial charge < -0.3 is 4.74 Å². The molecule has 0 aliphatic heterocycles. The van der Waals surface area contributed by atoms with Crippen molar-refractivity contribution < 1.29 is 14.3 Å². The predicted octanol–water partition coefficient (Wildman–Crippen LogP) is 3.17. The Balaban J connectivity index is 2.12. The molecule has 3 nitrogen and oxygen atoms in total. The van der Waals surface area contributed by atoms with Crippen LogP contribution in [-0.4, -0.2) is 18.9 Å². The van der Waals surface area contributed by atoms with E-state index in [0.717, 1.165) is 16.0 Å². The molecule has 0 saturated heterocycles. The third kappa shape index (κ3) is 1.88. The van der Waals surface area contributed by atoms with Crippen LogP contribution in [0, 0.1) is 12.8 Å². The van der Waals surface area contributed by atoms with Crippen LogP contribution in [0.15, 0.2) is 35.7 Å². The molecule has 4 heteroatoms. The zero-order chi connectivity index (χ0) is 14.3. The Hall–Kier alpha value is -1.94. The summed E-state index contributed by atoms with van der Waals surface area (Å²) in [5.41, 5.74) is 2.80. The molecule has 3 rings (SSSR count). The summed E-state index contributed by atoms with van der Waals surface area (Å²) >= 11 is 1.53. The highest BCUT2D eigenvalue weighted by Gasteiger charge is 2.46. The van der Waals surface area contributed by atoms with Gasteiger partial charge in [0, 0.05) is 16.4 Å². The van der Waals surface area contributed by atoms with E-state index in [1.807, 2.05) is 36.6 Å². The molecule has 1 aromatic carbocycles. The van der Waals surface area contributed by atoms with Gasteiger partial charge in [0.25, 0.3) is 0 Å². The highest BCUT2D eigenvalue weighted by atomic mass is 32.1. The maximum absolute atomic E-state index is 12.4. The van der Waals surface area contributed by atoms with Gasteiger partial charge in [-0.05, 0) is 23.9 Å². The van der Waals surface area contributed by atoms with Crippen LogP contribution in [-0.2, 0) is 9.53 Å². The van der Waals surface area contributed by atoms with E-state index in [1.165, 1.54) is 18.4 Å². The summed E-state index contributed by atoms with van der Waals surface area (Å²) < 4.78 is 4.83. The lowest BCUT2D eigenvalue weighted by atomic mass is 9.88. The second-order valence-corrected chi connectivity index (χ2v) is 5.90. The number of aryl methyl sites for hydroxylation is 1. The first-order valence-corrected chi connectivity index (χ1v) is 7.27. The molecule has 0 fully saturated rings. The van der Waals surface area contributed by atoms with E-state index in [2.05, 4.69) is 0 Å². The van der Waals surface area contributed by atoms with Crippen molar-refractivity contribution in [2.75, 3.05) is 7.11 Å². The summed E-state index contributed by atoms with van der Waals surface area (Å²) in [5, 5.41) is 1.90. The summed E-state index contributed by atoms with van der Waals surface area (Å²) in [6.07, 6.45) is 0. The number of methoxy groups -OCH3 is 1. The molecule has 0 radical (unpaired) electrons. The minimum atomic E-state index is -0.745. The van der Waals surface area contributed by atoms with Crippen LogP contribution < -0.4 is 0 Å². The van der Waals surface area contributed by atoms with Crippen LogP contribution in [0.1, 0.15) is 32.3 Å². The van der Waals surface area contributed by atoms with Gasteiger partial charge >= 0.3 is 5.97 Å². The molecule has 0 spiro atoms. The SMILES string of the molecule is COC(=O)[C@@H]1C(=O)c2ccsc2[C@H]1c1ccc(C)cc1. The minimum absolute atomic E-state index is 0.126. The van der Waals surface area contributed by atoms with Gasteiger partial charge in [-0.3, -0.25) is 9.59 Å². The Morgan fingerprint density at radius 3 is 2.55 bits per heavy atom. The lowest BCUT2D eigenvalue weighted by Crippen LogP contribution is -2.26. The Morgan fingerprint density at radius 1 is 1.20 bits per heavy atom. The maximum Gasteiger partial charge on any atom is 0.317 e. The fourth-order valence-corrected chi connectivity index (χ4v) is 3.79. The number of hydrogen-bond acceptors (Lipinski definition) is 4. The van der Waals surface area contributed by atoms with Crippen molar-refractivity contribution >= 4 is 23.1 Å². The van der Waals surface area contributed by atoms with Gasteiger partial charge in [0.15, 0.2) is 5.78 Å². The number of carbonyl (C=O) groups excluding carboxylic acids is 2. The van der Waals surface area contributed by atoms with Crippen LogP contribution in [0.4, 0.5) is 0 Å². The molecule has 1 aromatic heterocycles. The molecule has 2 atom stereocenters. The zero-order valence-corrected chi connectivity index (χ0v) is 12.1. The lowest BCUT2D eigenvalue weighted by molar-refractivity contribution is -0.143. The molecular formula is C16H14O3S. The zero-order valence-electron chi connectivity index (χ0n) is 11.3. The van der Waals surface area contributed by atoms with E-state index < -0.39 is 11.9 Å². The number of carbonyl (C=O) groups is 2. The average Bonchev–Trinajstić information content (AvgIpc) is 3.02. The standard InChI is InChI=1S/C16H14O3S/c1-9-3-5-10(6-4-9)12-13(16(18)19-2)14(17)11-7-8-20-15(11)12/h3-8,12-13H,1-2H3/t12-,13-/m0/s1. The normalized spacial score (nSPS) is 20.8. The first-order valence-electron chi connectivity index (χ1n) is 6.39. The molecule has 0 saturated carbocycles. The summed E-state index contributed by atoms with van der Waals surface area (Å²) in [4.78, 5) is 25.4. The highest BCUT2D eigenvalue weighted by molar-refractivity contribution is 7.10. The van der Waals surface area contributed by atoms with Crippen molar-refractivity contribution in [2.45, 2.75) is 12.8 Å². The van der Waals surface area contributed by atoms with Crippen LogP contribution >= 0.6 is 11.3 Å². The van der Waals surface area contributed by atoms with E-state index in [4.69, 9.17) is 4.74 Å². The second-order valence-electron chi connectivity index (χ2n) is 4.95. The summed E-state index contributed by atoms with van der Waals surface area (Å²) in [7, 11) is 1.33. The summed E-state index contributed by atoms with van der Waals surface area (Å²) in [6.45, 7) is 2.01. The highest BCUT2D eigenvalue weighted by Crippen LogP contribution is 2.45. The number of ketones is 1. The van der Waals surface area contributed by atoms with Gasteiger partial charge in [0.2, 0.25) is 0 Å². The fourth-order valence-electron chi connectivity index (χ4n) is 2.72. The molecule has 1 aliphatic carbocycles. The van der Waals surface area contributed by atoms with Gasteiger partial charge in [0.1, 0.15) is 5.92 Å². The smallest absolute Gasteiger partial charge is 0.317 e. The van der Waals surface area contributed by atoms with Crippen LogP contribution in [0.3, 0.4) is 0 Å². The van der Waals surface area contributed by atoms with Gasteiger partial charge in [0.05, 0.1) is 7.11 Å². The average molecular weight is 286 g/mol. The first kappa shape index (κ1) is 13.1. The number of rotatable bonds is 2. The number of hydrogen-bond donors (Lipinski definition) is 0. The largest absolute Gasteiger partial charge is 0.468 e. The molecule has 1 heterocycles. The molecule has 0 N–H and O–H groups in total. The number of fused-ring (bicyclic) bond motifs is 1. The summed E-state index contributed by atoms with van der Waals surface area (Å²) in [5.74, 6) is -1.54. The van der Waals surface area contributed by atoms with E-state index in [1.54, 1.807) is 6.07 Å². The van der Waals surface area contributed by atoms with Crippen molar-refractivity contribution in [1.29, 1.82) is 0 Å². The third-order valence-electron chi connectivity index (χ3n) is 3.75. The van der Waals surface area contributed by atoms with Crippen molar-refractivity contribution in [3.8, 4) is 0 Å². The van der Waals surface area contributed by atoms with E-state index in [-0.39, 0.29) is 11.7 Å². The van der Waals surface area contributed by atoms with Crippen LogP contribution in [0.2, 0.25) is 0 Å². The molecule has 102 valence electrons. The van der Waals surface area contributed by atoms with Gasteiger partial charge in [-0.2, -0.15) is 0 Å². The maximum atomic E-state index is 12.4.